The second-order valence-corrected chi connectivity index (χ2v) is 17.3. The zero-order chi connectivity index (χ0) is 37.4. The van der Waals surface area contributed by atoms with E-state index in [2.05, 4.69) is 214 Å². The molecule has 5 heteroatoms. The molecule has 1 fully saturated rings. The highest BCUT2D eigenvalue weighted by molar-refractivity contribution is 6.14. The lowest BCUT2D eigenvalue weighted by Gasteiger charge is -2.50. The predicted octanol–water partition coefficient (Wildman–Crippen LogP) is 12.2. The van der Waals surface area contributed by atoms with E-state index in [0.717, 1.165) is 11.6 Å². The standard InChI is InChI=1S/C49H47N5/c1-46(2)47(3,4)54-45(50-46)53(48(5,6)49(54,7)8)36-25-28-44-40(31-36)39-30-33(24-27-43(39)52(44)35-19-13-10-14-20-35)32-23-26-42-38(29-32)37-21-15-16-22-41(37)51(42)34-17-11-9-12-18-34/h9-31H,1-8H3. The molecule has 6 aromatic carbocycles. The monoisotopic (exact) mass is 705 g/mol. The average molecular weight is 706 g/mol. The van der Waals surface area contributed by atoms with E-state index in [4.69, 9.17) is 4.99 Å². The summed E-state index contributed by atoms with van der Waals surface area (Å²) in [5.41, 5.74) is 9.98. The second kappa shape index (κ2) is 10.9. The zero-order valence-corrected chi connectivity index (χ0v) is 32.5. The first kappa shape index (κ1) is 32.8. The SMILES string of the molecule is CC1(C)N=C2N(c3ccc4c(c3)c3cc(-c5ccc6c(c5)c5ccccc5n6-c5ccccc5)ccc3n4-c3ccccc3)C(C)(C)C(C)(C)N2C1(C)C. The predicted molar refractivity (Wildman–Crippen MR) is 229 cm³/mol. The van der Waals surface area contributed by atoms with Gasteiger partial charge in [0.2, 0.25) is 5.96 Å². The van der Waals surface area contributed by atoms with E-state index < -0.39 is 0 Å². The number of fused-ring (bicyclic) bond motifs is 7. The number of para-hydroxylation sites is 3. The highest BCUT2D eigenvalue weighted by atomic mass is 15.6. The third kappa shape index (κ3) is 4.24. The van der Waals surface area contributed by atoms with Crippen LogP contribution in [0.1, 0.15) is 55.4 Å². The van der Waals surface area contributed by atoms with Crippen LogP contribution in [-0.4, -0.2) is 42.1 Å². The molecule has 2 aromatic heterocycles. The summed E-state index contributed by atoms with van der Waals surface area (Å²) in [6, 6.07) is 51.2. The molecule has 2 aliphatic rings. The van der Waals surface area contributed by atoms with Gasteiger partial charge in [0.05, 0.1) is 44.2 Å². The molecule has 4 heterocycles. The Bertz CT molecular complexity index is 2830. The fraction of sp³-hybridized carbons (Fsp3) is 0.245. The Morgan fingerprint density at radius 2 is 0.852 bits per heavy atom. The molecule has 0 bridgehead atoms. The van der Waals surface area contributed by atoms with Gasteiger partial charge in [-0.1, -0.05) is 66.7 Å². The Balaban J connectivity index is 1.19. The van der Waals surface area contributed by atoms with Gasteiger partial charge in [-0.25, -0.2) is 4.99 Å². The fourth-order valence-corrected chi connectivity index (χ4v) is 9.49. The van der Waals surface area contributed by atoms with Crippen molar-refractivity contribution in [3.05, 3.63) is 140 Å². The quantitative estimate of drug-likeness (QED) is 0.182. The molecule has 0 spiro atoms. The largest absolute Gasteiger partial charge is 0.327 e. The number of anilines is 1. The van der Waals surface area contributed by atoms with Crippen LogP contribution in [0.2, 0.25) is 0 Å². The van der Waals surface area contributed by atoms with Gasteiger partial charge in [-0.15, -0.1) is 0 Å². The Morgan fingerprint density at radius 1 is 0.389 bits per heavy atom. The molecule has 0 saturated carbocycles. The van der Waals surface area contributed by atoms with Gasteiger partial charge in [-0.3, -0.25) is 0 Å². The molecule has 8 aromatic rings. The molecule has 0 radical (unpaired) electrons. The van der Waals surface area contributed by atoms with Crippen molar-refractivity contribution in [3.8, 4) is 22.5 Å². The van der Waals surface area contributed by atoms with E-state index >= 15 is 0 Å². The van der Waals surface area contributed by atoms with Gasteiger partial charge in [0.25, 0.3) is 0 Å². The Kier molecular flexibility index (Phi) is 6.61. The van der Waals surface area contributed by atoms with Crippen molar-refractivity contribution in [2.24, 2.45) is 4.99 Å². The van der Waals surface area contributed by atoms with E-state index in [1.807, 2.05) is 0 Å². The normalized spacial score (nSPS) is 18.3. The number of hydrogen-bond donors (Lipinski definition) is 0. The maximum Gasteiger partial charge on any atom is 0.203 e. The minimum atomic E-state index is -0.231. The highest BCUT2D eigenvalue weighted by Gasteiger charge is 2.65. The van der Waals surface area contributed by atoms with Crippen molar-refractivity contribution in [3.63, 3.8) is 0 Å². The average Bonchev–Trinajstić information content (AvgIpc) is 3.77. The number of rotatable bonds is 4. The highest BCUT2D eigenvalue weighted by Crippen LogP contribution is 2.54. The van der Waals surface area contributed by atoms with Crippen molar-refractivity contribution in [1.29, 1.82) is 0 Å². The molecule has 0 atom stereocenters. The van der Waals surface area contributed by atoms with Gasteiger partial charge in [-0.2, -0.15) is 0 Å². The van der Waals surface area contributed by atoms with Crippen LogP contribution in [0.4, 0.5) is 5.69 Å². The molecule has 0 aliphatic carbocycles. The van der Waals surface area contributed by atoms with Crippen molar-refractivity contribution >= 4 is 55.3 Å². The third-order valence-corrected chi connectivity index (χ3v) is 13.5. The first-order valence-corrected chi connectivity index (χ1v) is 19.2. The van der Waals surface area contributed by atoms with Crippen LogP contribution in [0.25, 0.3) is 66.1 Å². The van der Waals surface area contributed by atoms with Crippen molar-refractivity contribution in [1.82, 2.24) is 14.0 Å². The van der Waals surface area contributed by atoms with Crippen molar-refractivity contribution < 1.29 is 0 Å². The van der Waals surface area contributed by atoms with Crippen molar-refractivity contribution in [2.45, 2.75) is 77.5 Å². The molecule has 54 heavy (non-hydrogen) atoms. The minimum absolute atomic E-state index is 0.144. The maximum atomic E-state index is 5.46. The number of guanidine groups is 1. The maximum absolute atomic E-state index is 5.46. The molecule has 0 unspecified atom stereocenters. The smallest absolute Gasteiger partial charge is 0.203 e. The van der Waals surface area contributed by atoms with Crippen LogP contribution < -0.4 is 4.90 Å². The Labute approximate surface area is 317 Å². The molecule has 0 amide bonds. The number of hydrogen-bond acceptors (Lipinski definition) is 3. The molecule has 268 valence electrons. The van der Waals surface area contributed by atoms with Gasteiger partial charge < -0.3 is 18.9 Å². The van der Waals surface area contributed by atoms with Crippen LogP contribution in [-0.2, 0) is 0 Å². The zero-order valence-electron chi connectivity index (χ0n) is 32.5. The van der Waals surface area contributed by atoms with Gasteiger partial charge in [0, 0.05) is 38.6 Å². The number of benzene rings is 6. The van der Waals surface area contributed by atoms with Crippen LogP contribution in [0, 0.1) is 0 Å². The first-order valence-electron chi connectivity index (χ1n) is 19.2. The summed E-state index contributed by atoms with van der Waals surface area (Å²) in [4.78, 5) is 10.6. The molecular weight excluding hydrogens is 659 g/mol. The molecule has 10 rings (SSSR count). The molecular formula is C49H47N5. The minimum Gasteiger partial charge on any atom is -0.327 e. The van der Waals surface area contributed by atoms with E-state index in [1.54, 1.807) is 0 Å². The number of aliphatic imine (C=N–C) groups is 1. The van der Waals surface area contributed by atoms with Gasteiger partial charge in [-0.05, 0) is 139 Å². The summed E-state index contributed by atoms with van der Waals surface area (Å²) in [5, 5.41) is 4.99. The van der Waals surface area contributed by atoms with E-state index in [1.165, 1.54) is 66.1 Å². The Hall–Kier alpha value is -5.81. The fourth-order valence-electron chi connectivity index (χ4n) is 9.49. The summed E-state index contributed by atoms with van der Waals surface area (Å²) >= 11 is 0. The molecule has 1 saturated heterocycles. The summed E-state index contributed by atoms with van der Waals surface area (Å²) in [5.74, 6) is 1.06. The van der Waals surface area contributed by atoms with E-state index in [9.17, 15) is 0 Å². The lowest BCUT2D eigenvalue weighted by molar-refractivity contribution is 0.0529. The topological polar surface area (TPSA) is 28.7 Å². The molecule has 2 aliphatic heterocycles. The summed E-state index contributed by atoms with van der Waals surface area (Å²) < 4.78 is 4.80. The number of nitrogens with zero attached hydrogens (tertiary/aromatic N) is 5. The molecule has 0 N–H and O–H groups in total. The van der Waals surface area contributed by atoms with Crippen LogP contribution >= 0.6 is 0 Å². The lowest BCUT2D eigenvalue weighted by Crippen LogP contribution is -2.62. The summed E-state index contributed by atoms with van der Waals surface area (Å²) in [6.07, 6.45) is 0. The van der Waals surface area contributed by atoms with E-state index in [-0.39, 0.29) is 22.2 Å². The van der Waals surface area contributed by atoms with Crippen molar-refractivity contribution in [2.75, 3.05) is 4.90 Å². The second-order valence-electron chi connectivity index (χ2n) is 17.3. The summed E-state index contributed by atoms with van der Waals surface area (Å²) in [7, 11) is 0. The summed E-state index contributed by atoms with van der Waals surface area (Å²) in [6.45, 7) is 18.7. The van der Waals surface area contributed by atoms with E-state index in [0.29, 0.717) is 0 Å². The Morgan fingerprint density at radius 3 is 1.43 bits per heavy atom. The van der Waals surface area contributed by atoms with Crippen LogP contribution in [0.3, 0.4) is 0 Å². The van der Waals surface area contributed by atoms with Crippen LogP contribution in [0.15, 0.2) is 145 Å². The van der Waals surface area contributed by atoms with Gasteiger partial charge >= 0.3 is 0 Å². The van der Waals surface area contributed by atoms with Gasteiger partial charge in [0.1, 0.15) is 0 Å². The molecule has 5 nitrogen and oxygen atoms in total. The number of aromatic nitrogens is 2. The van der Waals surface area contributed by atoms with Crippen LogP contribution in [0.5, 0.6) is 0 Å². The van der Waals surface area contributed by atoms with Gasteiger partial charge in [0.15, 0.2) is 0 Å². The third-order valence-electron chi connectivity index (χ3n) is 13.5. The first-order chi connectivity index (χ1) is 25.8. The lowest BCUT2D eigenvalue weighted by atomic mass is 9.76.